The first-order chi connectivity index (χ1) is 10.3. The number of benzene rings is 1. The minimum absolute atomic E-state index is 0.0225. The van der Waals surface area contributed by atoms with E-state index in [-0.39, 0.29) is 11.5 Å². The van der Waals surface area contributed by atoms with E-state index in [9.17, 15) is 9.90 Å². The number of carbonyl (C=O) groups is 1. The van der Waals surface area contributed by atoms with E-state index in [2.05, 4.69) is 11.6 Å². The zero-order valence-electron chi connectivity index (χ0n) is 13.7. The number of allylic oxidation sites excluding steroid dienone is 5. The number of hydrogen-bond donors (Lipinski definition) is 1. The molecule has 0 bridgehead atoms. The predicted molar refractivity (Wildman–Crippen MR) is 92.3 cm³/mol. The highest BCUT2D eigenvalue weighted by Crippen LogP contribution is 2.21. The number of hydrogen-bond acceptors (Lipinski definition) is 3. The molecule has 0 amide bonds. The van der Waals surface area contributed by atoms with Crippen molar-refractivity contribution < 1.29 is 9.90 Å². The predicted octanol–water partition coefficient (Wildman–Crippen LogP) is 4.39. The smallest absolute Gasteiger partial charge is 0.156 e. The maximum absolute atomic E-state index is 11.9. The molecule has 116 valence electrons. The van der Waals surface area contributed by atoms with Gasteiger partial charge in [-0.2, -0.15) is 0 Å². The summed E-state index contributed by atoms with van der Waals surface area (Å²) in [5.74, 6) is 0.176. The zero-order chi connectivity index (χ0) is 16.7. The highest BCUT2D eigenvalue weighted by atomic mass is 16.3. The number of aromatic hydroxyl groups is 1. The average molecular weight is 297 g/mol. The number of para-hydroxylation sites is 1. The summed E-state index contributed by atoms with van der Waals surface area (Å²) in [6.07, 6.45) is 4.13. The van der Waals surface area contributed by atoms with Gasteiger partial charge in [0, 0.05) is 17.8 Å². The summed E-state index contributed by atoms with van der Waals surface area (Å²) in [6, 6.07) is 7.04. The van der Waals surface area contributed by atoms with E-state index in [1.54, 1.807) is 12.1 Å². The first-order valence-corrected chi connectivity index (χ1v) is 7.21. The third kappa shape index (κ3) is 5.17. The van der Waals surface area contributed by atoms with Crippen molar-refractivity contribution in [1.82, 2.24) is 0 Å². The molecule has 0 aliphatic carbocycles. The SMILES string of the molecule is C=C(C)N=C(C)C(=C\C)/C=C(/Cc1ccccc1O)C(C)=O. The van der Waals surface area contributed by atoms with Crippen molar-refractivity contribution in [1.29, 1.82) is 0 Å². The molecule has 0 fully saturated rings. The number of carbonyl (C=O) groups excluding carboxylic acids is 1. The molecule has 0 aliphatic heterocycles. The van der Waals surface area contributed by atoms with Gasteiger partial charge < -0.3 is 5.11 Å². The van der Waals surface area contributed by atoms with Gasteiger partial charge in [0.2, 0.25) is 0 Å². The van der Waals surface area contributed by atoms with Crippen molar-refractivity contribution in [2.24, 2.45) is 4.99 Å². The van der Waals surface area contributed by atoms with Crippen LogP contribution in [0.3, 0.4) is 0 Å². The van der Waals surface area contributed by atoms with Gasteiger partial charge in [-0.1, -0.05) is 30.9 Å². The van der Waals surface area contributed by atoms with E-state index in [1.165, 1.54) is 6.92 Å². The molecule has 1 aromatic carbocycles. The molecule has 3 nitrogen and oxygen atoms in total. The summed E-state index contributed by atoms with van der Waals surface area (Å²) in [6.45, 7) is 10.9. The first kappa shape index (κ1) is 17.6. The van der Waals surface area contributed by atoms with Crippen LogP contribution in [0.25, 0.3) is 0 Å². The fourth-order valence-corrected chi connectivity index (χ4v) is 2.08. The standard InChI is InChI=1S/C19H23NO2/c1-6-16(14(4)20-13(2)3)11-18(15(5)21)12-17-9-7-8-10-19(17)22/h6-11,22H,2,12H2,1,3-5H3/b16-6-,18-11-,20-14?. The van der Waals surface area contributed by atoms with Gasteiger partial charge >= 0.3 is 0 Å². The molecule has 1 aromatic rings. The lowest BCUT2D eigenvalue weighted by molar-refractivity contribution is -0.113. The maximum atomic E-state index is 11.9. The summed E-state index contributed by atoms with van der Waals surface area (Å²) in [5.41, 5.74) is 3.77. The average Bonchev–Trinajstić information content (AvgIpc) is 2.44. The van der Waals surface area contributed by atoms with Crippen LogP contribution in [0.15, 0.2) is 64.8 Å². The van der Waals surface area contributed by atoms with Gasteiger partial charge in [0.25, 0.3) is 0 Å². The Labute approximate surface area is 132 Å². The number of rotatable bonds is 6. The van der Waals surface area contributed by atoms with Gasteiger partial charge in [-0.15, -0.1) is 0 Å². The molecule has 0 unspecified atom stereocenters. The number of aliphatic imine (C=N–C) groups is 1. The van der Waals surface area contributed by atoms with Crippen LogP contribution in [0.5, 0.6) is 5.75 Å². The van der Waals surface area contributed by atoms with Crippen LogP contribution >= 0.6 is 0 Å². The fraction of sp³-hybridized carbons (Fsp3) is 0.263. The molecule has 0 heterocycles. The third-order valence-corrected chi connectivity index (χ3v) is 3.24. The number of ketones is 1. The maximum Gasteiger partial charge on any atom is 0.156 e. The van der Waals surface area contributed by atoms with Crippen molar-refractivity contribution in [2.75, 3.05) is 0 Å². The lowest BCUT2D eigenvalue weighted by Crippen LogP contribution is -2.04. The van der Waals surface area contributed by atoms with Crippen LogP contribution in [0.4, 0.5) is 0 Å². The number of nitrogens with zero attached hydrogens (tertiary/aromatic N) is 1. The Balaban J connectivity index is 3.17. The van der Waals surface area contributed by atoms with Gasteiger partial charge in [-0.05, 0) is 56.5 Å². The molecule has 0 atom stereocenters. The second-order valence-electron chi connectivity index (χ2n) is 5.21. The number of Topliss-reactive ketones (excluding diaryl/α,β-unsaturated/α-hetero) is 1. The van der Waals surface area contributed by atoms with Crippen molar-refractivity contribution in [3.05, 3.63) is 65.4 Å². The molecular weight excluding hydrogens is 274 g/mol. The Morgan fingerprint density at radius 1 is 1.27 bits per heavy atom. The summed E-state index contributed by atoms with van der Waals surface area (Å²) >= 11 is 0. The summed E-state index contributed by atoms with van der Waals surface area (Å²) < 4.78 is 0. The van der Waals surface area contributed by atoms with Gasteiger partial charge in [0.15, 0.2) is 5.78 Å². The Bertz CT molecular complexity index is 664. The van der Waals surface area contributed by atoms with Crippen LogP contribution in [0.2, 0.25) is 0 Å². The van der Waals surface area contributed by atoms with Crippen molar-refractivity contribution in [3.8, 4) is 5.75 Å². The lowest BCUT2D eigenvalue weighted by Gasteiger charge is -2.08. The monoisotopic (exact) mass is 297 g/mol. The Morgan fingerprint density at radius 2 is 1.91 bits per heavy atom. The largest absolute Gasteiger partial charge is 0.508 e. The fourth-order valence-electron chi connectivity index (χ4n) is 2.08. The molecule has 1 N–H and O–H groups in total. The minimum Gasteiger partial charge on any atom is -0.508 e. The van der Waals surface area contributed by atoms with E-state index >= 15 is 0 Å². The second kappa shape index (κ2) is 8.13. The van der Waals surface area contributed by atoms with Crippen molar-refractivity contribution in [2.45, 2.75) is 34.1 Å². The van der Waals surface area contributed by atoms with Crippen LogP contribution in [0, 0.1) is 0 Å². The topological polar surface area (TPSA) is 49.7 Å². The molecule has 0 aromatic heterocycles. The zero-order valence-corrected chi connectivity index (χ0v) is 13.7. The molecule has 0 radical (unpaired) electrons. The summed E-state index contributed by atoms with van der Waals surface area (Å²) in [5, 5.41) is 9.87. The quantitative estimate of drug-likeness (QED) is 0.481. The molecule has 0 saturated carbocycles. The highest BCUT2D eigenvalue weighted by molar-refractivity contribution is 6.04. The number of phenols is 1. The van der Waals surface area contributed by atoms with Crippen LogP contribution in [-0.4, -0.2) is 16.6 Å². The Morgan fingerprint density at radius 3 is 2.41 bits per heavy atom. The van der Waals surface area contributed by atoms with Crippen LogP contribution < -0.4 is 0 Å². The van der Waals surface area contributed by atoms with E-state index < -0.39 is 0 Å². The Hall–Kier alpha value is -2.42. The molecule has 1 rings (SSSR count). The molecule has 0 spiro atoms. The van der Waals surface area contributed by atoms with Crippen LogP contribution in [-0.2, 0) is 11.2 Å². The molecule has 3 heteroatoms. The lowest BCUT2D eigenvalue weighted by atomic mass is 9.98. The number of phenolic OH excluding ortho intramolecular Hbond substituents is 1. The summed E-state index contributed by atoms with van der Waals surface area (Å²) in [7, 11) is 0. The summed E-state index contributed by atoms with van der Waals surface area (Å²) in [4.78, 5) is 16.3. The van der Waals surface area contributed by atoms with Crippen molar-refractivity contribution >= 4 is 11.5 Å². The van der Waals surface area contributed by atoms with E-state index in [4.69, 9.17) is 0 Å². The molecule has 22 heavy (non-hydrogen) atoms. The first-order valence-electron chi connectivity index (χ1n) is 7.21. The van der Waals surface area contributed by atoms with Crippen molar-refractivity contribution in [3.63, 3.8) is 0 Å². The second-order valence-corrected chi connectivity index (χ2v) is 5.21. The van der Waals surface area contributed by atoms with Gasteiger partial charge in [-0.3, -0.25) is 9.79 Å². The van der Waals surface area contributed by atoms with Gasteiger partial charge in [0.1, 0.15) is 5.75 Å². The highest BCUT2D eigenvalue weighted by Gasteiger charge is 2.10. The van der Waals surface area contributed by atoms with E-state index in [0.717, 1.165) is 22.5 Å². The van der Waals surface area contributed by atoms with E-state index in [1.807, 2.05) is 45.1 Å². The van der Waals surface area contributed by atoms with Gasteiger partial charge in [-0.25, -0.2) is 0 Å². The van der Waals surface area contributed by atoms with Crippen LogP contribution in [0.1, 0.15) is 33.3 Å². The third-order valence-electron chi connectivity index (χ3n) is 3.24. The minimum atomic E-state index is -0.0225. The molecular formula is C19H23NO2. The van der Waals surface area contributed by atoms with Gasteiger partial charge in [0.05, 0.1) is 0 Å². The molecule has 0 saturated heterocycles. The molecule has 0 aliphatic rings. The normalized spacial score (nSPS) is 13.2. The Kier molecular flexibility index (Phi) is 6.51. The van der Waals surface area contributed by atoms with E-state index in [0.29, 0.717) is 12.0 Å².